The highest BCUT2D eigenvalue weighted by Crippen LogP contribution is 2.29. The highest BCUT2D eigenvalue weighted by molar-refractivity contribution is 6.68. The number of carbonyl (C=O) groups excluding carboxylic acids is 1. The lowest BCUT2D eigenvalue weighted by Gasteiger charge is -2.31. The zero-order valence-electron chi connectivity index (χ0n) is 11.5. The van der Waals surface area contributed by atoms with Gasteiger partial charge in [-0.2, -0.15) is 0 Å². The molecule has 0 rings (SSSR count). The summed E-state index contributed by atoms with van der Waals surface area (Å²) in [5.41, 5.74) is 0.704. The summed E-state index contributed by atoms with van der Waals surface area (Å²) in [6.45, 7) is 9.70. The minimum Gasteiger partial charge on any atom is -0.462 e. The van der Waals surface area contributed by atoms with Crippen molar-refractivity contribution in [3.8, 4) is 0 Å². The number of hydrogen-bond donors (Lipinski definition) is 0. The average molecular weight is 260 g/mol. The predicted octanol–water partition coefficient (Wildman–Crippen LogP) is 2.64. The van der Waals surface area contributed by atoms with Gasteiger partial charge >= 0.3 is 14.5 Å². The van der Waals surface area contributed by atoms with Crippen LogP contribution in [0.15, 0.2) is 12.2 Å². The Labute approximate surface area is 105 Å². The van der Waals surface area contributed by atoms with Crippen LogP contribution in [0.1, 0.15) is 27.2 Å². The number of esters is 1. The van der Waals surface area contributed by atoms with E-state index in [9.17, 15) is 4.79 Å². The van der Waals surface area contributed by atoms with Crippen molar-refractivity contribution in [2.75, 3.05) is 20.8 Å². The van der Waals surface area contributed by atoms with Crippen LogP contribution in [0.5, 0.6) is 0 Å². The van der Waals surface area contributed by atoms with E-state index in [1.807, 2.05) is 0 Å². The molecule has 0 aliphatic heterocycles. The Morgan fingerprint density at radius 1 is 1.35 bits per heavy atom. The second-order valence-electron chi connectivity index (χ2n) is 4.18. The molecule has 0 fully saturated rings. The summed E-state index contributed by atoms with van der Waals surface area (Å²) in [6.07, 6.45) is 0.751. The molecule has 0 radical (unpaired) electrons. The number of rotatable bonds is 8. The van der Waals surface area contributed by atoms with E-state index in [0.717, 1.165) is 12.5 Å². The van der Waals surface area contributed by atoms with Gasteiger partial charge in [0.25, 0.3) is 0 Å². The van der Waals surface area contributed by atoms with Crippen LogP contribution in [0.3, 0.4) is 0 Å². The van der Waals surface area contributed by atoms with Crippen molar-refractivity contribution in [2.45, 2.75) is 38.8 Å². The molecule has 0 aromatic rings. The molecular weight excluding hydrogens is 236 g/mol. The third kappa shape index (κ3) is 4.61. The Morgan fingerprint density at radius 2 is 1.88 bits per heavy atom. The summed E-state index contributed by atoms with van der Waals surface area (Å²) < 4.78 is 16.2. The summed E-state index contributed by atoms with van der Waals surface area (Å²) in [7, 11) is 1.25. The monoisotopic (exact) mass is 260 g/mol. The Kier molecular flexibility index (Phi) is 7.34. The molecule has 0 amide bonds. The van der Waals surface area contributed by atoms with Crippen LogP contribution in [0.2, 0.25) is 11.6 Å². The molecular formula is C12H24O4Si. The molecule has 0 bridgehead atoms. The molecule has 0 spiro atoms. The minimum absolute atomic E-state index is 0.278. The molecule has 0 aliphatic carbocycles. The van der Waals surface area contributed by atoms with Gasteiger partial charge in [-0.05, 0) is 19.4 Å². The second-order valence-corrected chi connectivity index (χ2v) is 8.31. The summed E-state index contributed by atoms with van der Waals surface area (Å²) in [5.74, 6) is -0.337. The third-order valence-corrected chi connectivity index (χ3v) is 7.23. The summed E-state index contributed by atoms with van der Waals surface area (Å²) >= 11 is 0. The molecule has 0 N–H and O–H groups in total. The van der Waals surface area contributed by atoms with Gasteiger partial charge in [-0.1, -0.05) is 20.4 Å². The van der Waals surface area contributed by atoms with Crippen molar-refractivity contribution in [2.24, 2.45) is 0 Å². The highest BCUT2D eigenvalue weighted by atomic mass is 28.4. The Balaban J connectivity index is 4.20. The largest absolute Gasteiger partial charge is 0.462 e. The van der Waals surface area contributed by atoms with E-state index in [1.54, 1.807) is 21.1 Å². The quantitative estimate of drug-likeness (QED) is 0.382. The van der Waals surface area contributed by atoms with Crippen molar-refractivity contribution in [3.63, 3.8) is 0 Å². The summed E-state index contributed by atoms with van der Waals surface area (Å²) in [5, 5.41) is 0. The fraction of sp³-hybridized carbons (Fsp3) is 0.750. The van der Waals surface area contributed by atoms with Gasteiger partial charge in [-0.25, -0.2) is 4.79 Å². The SMILES string of the molecule is C=C(C)C(=O)OCCC(C)[Si](CC)(OC)OC. The topological polar surface area (TPSA) is 44.8 Å². The van der Waals surface area contributed by atoms with Crippen LogP contribution >= 0.6 is 0 Å². The fourth-order valence-electron chi connectivity index (χ4n) is 1.79. The smallest absolute Gasteiger partial charge is 0.340 e. The van der Waals surface area contributed by atoms with E-state index in [1.165, 1.54) is 0 Å². The van der Waals surface area contributed by atoms with Crippen LogP contribution in [0.4, 0.5) is 0 Å². The zero-order valence-corrected chi connectivity index (χ0v) is 12.5. The molecule has 1 atom stereocenters. The van der Waals surface area contributed by atoms with Gasteiger partial charge in [0.05, 0.1) is 6.61 Å². The Morgan fingerprint density at radius 3 is 2.24 bits per heavy atom. The van der Waals surface area contributed by atoms with Crippen LogP contribution in [-0.4, -0.2) is 35.4 Å². The second kappa shape index (κ2) is 7.63. The van der Waals surface area contributed by atoms with E-state index in [4.69, 9.17) is 13.6 Å². The molecule has 0 aromatic heterocycles. The summed E-state index contributed by atoms with van der Waals surface area (Å²) in [4.78, 5) is 11.2. The number of hydrogen-bond acceptors (Lipinski definition) is 4. The van der Waals surface area contributed by atoms with E-state index < -0.39 is 8.56 Å². The van der Waals surface area contributed by atoms with Crippen molar-refractivity contribution in [3.05, 3.63) is 12.2 Å². The normalized spacial score (nSPS) is 13.2. The fourth-order valence-corrected chi connectivity index (χ4v) is 4.60. The molecule has 17 heavy (non-hydrogen) atoms. The zero-order chi connectivity index (χ0) is 13.5. The first-order chi connectivity index (χ1) is 7.93. The average Bonchev–Trinajstić information content (AvgIpc) is 2.31. The first-order valence-electron chi connectivity index (χ1n) is 5.86. The molecule has 1 unspecified atom stereocenters. The standard InChI is InChI=1S/C12H24O4Si/c1-7-17(14-5,15-6)11(4)8-9-16-12(13)10(2)3/h11H,2,7-9H2,1,3-6H3. The molecule has 0 heterocycles. The van der Waals surface area contributed by atoms with Crippen LogP contribution in [-0.2, 0) is 18.4 Å². The lowest BCUT2D eigenvalue weighted by atomic mass is 10.3. The maximum atomic E-state index is 11.2. The molecule has 0 aromatic carbocycles. The number of carbonyl (C=O) groups is 1. The predicted molar refractivity (Wildman–Crippen MR) is 70.1 cm³/mol. The first-order valence-corrected chi connectivity index (χ1v) is 7.96. The van der Waals surface area contributed by atoms with E-state index in [0.29, 0.717) is 12.2 Å². The molecule has 4 nitrogen and oxygen atoms in total. The Hall–Kier alpha value is -0.653. The lowest BCUT2D eigenvalue weighted by Crippen LogP contribution is -2.43. The van der Waals surface area contributed by atoms with Gasteiger partial charge in [0.15, 0.2) is 0 Å². The van der Waals surface area contributed by atoms with Gasteiger partial charge in [0.1, 0.15) is 0 Å². The first kappa shape index (κ1) is 16.3. The van der Waals surface area contributed by atoms with Crippen LogP contribution < -0.4 is 0 Å². The van der Waals surface area contributed by atoms with Gasteiger partial charge in [-0.15, -0.1) is 0 Å². The van der Waals surface area contributed by atoms with Crippen molar-refractivity contribution >= 4 is 14.5 Å². The van der Waals surface area contributed by atoms with E-state index >= 15 is 0 Å². The van der Waals surface area contributed by atoms with Gasteiger partial charge in [0.2, 0.25) is 0 Å². The van der Waals surface area contributed by atoms with Crippen molar-refractivity contribution in [1.29, 1.82) is 0 Å². The van der Waals surface area contributed by atoms with Gasteiger partial charge in [-0.3, -0.25) is 0 Å². The van der Waals surface area contributed by atoms with E-state index in [-0.39, 0.29) is 11.5 Å². The van der Waals surface area contributed by atoms with Crippen LogP contribution in [0, 0.1) is 0 Å². The molecule has 100 valence electrons. The van der Waals surface area contributed by atoms with Crippen LogP contribution in [0.25, 0.3) is 0 Å². The Bertz CT molecular complexity index is 253. The number of ether oxygens (including phenoxy) is 1. The maximum absolute atomic E-state index is 11.2. The molecule has 0 saturated heterocycles. The maximum Gasteiger partial charge on any atom is 0.340 e. The van der Waals surface area contributed by atoms with Gasteiger partial charge < -0.3 is 13.6 Å². The molecule has 0 saturated carbocycles. The van der Waals surface area contributed by atoms with E-state index in [2.05, 4.69) is 20.4 Å². The van der Waals surface area contributed by atoms with Crippen molar-refractivity contribution < 1.29 is 18.4 Å². The van der Waals surface area contributed by atoms with Crippen molar-refractivity contribution in [1.82, 2.24) is 0 Å². The molecule has 0 aliphatic rings. The summed E-state index contributed by atoms with van der Waals surface area (Å²) in [6, 6.07) is 0.885. The highest BCUT2D eigenvalue weighted by Gasteiger charge is 2.39. The van der Waals surface area contributed by atoms with Gasteiger partial charge in [0, 0.05) is 25.3 Å². The minimum atomic E-state index is -2.13. The molecule has 5 heteroatoms. The lowest BCUT2D eigenvalue weighted by molar-refractivity contribution is -0.139. The third-order valence-electron chi connectivity index (χ3n) is 3.07.